The highest BCUT2D eigenvalue weighted by Crippen LogP contribution is 2.34. The molecule has 1 amide bonds. The van der Waals surface area contributed by atoms with Gasteiger partial charge >= 0.3 is 6.18 Å². The SMILES string of the molecule is CCCNc1ccc(C(F)(F)F)cc1NC(=O)C1CCNC1. The Kier molecular flexibility index (Phi) is 5.28. The molecule has 1 heterocycles. The van der Waals surface area contributed by atoms with E-state index in [4.69, 9.17) is 0 Å². The lowest BCUT2D eigenvalue weighted by atomic mass is 10.1. The zero-order valence-electron chi connectivity index (χ0n) is 12.4. The second kappa shape index (κ2) is 7.00. The molecule has 122 valence electrons. The Bertz CT molecular complexity index is 525. The number of benzene rings is 1. The third kappa shape index (κ3) is 4.13. The summed E-state index contributed by atoms with van der Waals surface area (Å²) < 4.78 is 38.5. The van der Waals surface area contributed by atoms with Gasteiger partial charge < -0.3 is 16.0 Å². The molecular weight excluding hydrogens is 295 g/mol. The largest absolute Gasteiger partial charge is 0.416 e. The molecular formula is C15H20F3N3O. The molecule has 1 aromatic rings. The lowest BCUT2D eigenvalue weighted by Gasteiger charge is -2.17. The fourth-order valence-corrected chi connectivity index (χ4v) is 2.35. The smallest absolute Gasteiger partial charge is 0.383 e. The number of carbonyl (C=O) groups is 1. The van der Waals surface area contributed by atoms with Crippen molar-refractivity contribution < 1.29 is 18.0 Å². The van der Waals surface area contributed by atoms with Gasteiger partial charge in [0.25, 0.3) is 0 Å². The minimum absolute atomic E-state index is 0.181. The van der Waals surface area contributed by atoms with Gasteiger partial charge in [-0.3, -0.25) is 4.79 Å². The Labute approximate surface area is 127 Å². The van der Waals surface area contributed by atoms with Crippen LogP contribution in [0.15, 0.2) is 18.2 Å². The van der Waals surface area contributed by atoms with Gasteiger partial charge in [0.1, 0.15) is 0 Å². The van der Waals surface area contributed by atoms with Crippen LogP contribution in [0, 0.1) is 5.92 Å². The molecule has 0 radical (unpaired) electrons. The van der Waals surface area contributed by atoms with Gasteiger partial charge in [-0.2, -0.15) is 13.2 Å². The average molecular weight is 315 g/mol. The van der Waals surface area contributed by atoms with E-state index in [1.165, 1.54) is 6.07 Å². The summed E-state index contributed by atoms with van der Waals surface area (Å²) in [6.07, 6.45) is -2.90. The van der Waals surface area contributed by atoms with E-state index in [0.717, 1.165) is 25.1 Å². The van der Waals surface area contributed by atoms with Crippen molar-refractivity contribution in [3.63, 3.8) is 0 Å². The Morgan fingerprint density at radius 1 is 1.36 bits per heavy atom. The normalized spacial score (nSPS) is 18.3. The van der Waals surface area contributed by atoms with E-state index in [1.807, 2.05) is 6.92 Å². The Balaban J connectivity index is 2.21. The molecule has 7 heteroatoms. The van der Waals surface area contributed by atoms with Gasteiger partial charge in [0.15, 0.2) is 0 Å². The van der Waals surface area contributed by atoms with Gasteiger partial charge in [-0.15, -0.1) is 0 Å². The number of carbonyl (C=O) groups excluding carboxylic acids is 1. The maximum atomic E-state index is 12.8. The molecule has 2 rings (SSSR count). The summed E-state index contributed by atoms with van der Waals surface area (Å²) in [4.78, 5) is 12.1. The molecule has 1 aliphatic heterocycles. The highest BCUT2D eigenvalue weighted by Gasteiger charge is 2.31. The van der Waals surface area contributed by atoms with E-state index >= 15 is 0 Å². The summed E-state index contributed by atoms with van der Waals surface area (Å²) in [6.45, 7) is 3.89. The molecule has 0 saturated carbocycles. The van der Waals surface area contributed by atoms with Gasteiger partial charge in [0, 0.05) is 13.1 Å². The summed E-state index contributed by atoms with van der Waals surface area (Å²) in [5.74, 6) is -0.447. The molecule has 1 atom stereocenters. The molecule has 0 spiro atoms. The van der Waals surface area contributed by atoms with Gasteiger partial charge in [0.05, 0.1) is 22.9 Å². The average Bonchev–Trinajstić information content (AvgIpc) is 2.99. The fourth-order valence-electron chi connectivity index (χ4n) is 2.35. The van der Waals surface area contributed by atoms with Crippen LogP contribution in [-0.4, -0.2) is 25.5 Å². The predicted molar refractivity (Wildman–Crippen MR) is 79.8 cm³/mol. The van der Waals surface area contributed by atoms with Crippen LogP contribution in [-0.2, 0) is 11.0 Å². The molecule has 1 unspecified atom stereocenters. The second-order valence-electron chi connectivity index (χ2n) is 5.36. The summed E-state index contributed by atoms with van der Waals surface area (Å²) in [7, 11) is 0. The first-order chi connectivity index (χ1) is 10.4. The number of nitrogens with one attached hydrogen (secondary N) is 3. The van der Waals surface area contributed by atoms with Crippen LogP contribution < -0.4 is 16.0 Å². The monoisotopic (exact) mass is 315 g/mol. The highest BCUT2D eigenvalue weighted by atomic mass is 19.4. The molecule has 0 aliphatic carbocycles. The van der Waals surface area contributed by atoms with Crippen LogP contribution in [0.4, 0.5) is 24.5 Å². The zero-order chi connectivity index (χ0) is 16.2. The first kappa shape index (κ1) is 16.6. The lowest BCUT2D eigenvalue weighted by molar-refractivity contribution is -0.137. The highest BCUT2D eigenvalue weighted by molar-refractivity contribution is 5.96. The summed E-state index contributed by atoms with van der Waals surface area (Å²) in [5.41, 5.74) is -0.0799. The first-order valence-corrected chi connectivity index (χ1v) is 7.38. The summed E-state index contributed by atoms with van der Waals surface area (Å²) in [6, 6.07) is 3.37. The standard InChI is InChI=1S/C15H20F3N3O/c1-2-6-20-12-4-3-11(15(16,17)18)8-13(12)21-14(22)10-5-7-19-9-10/h3-4,8,10,19-20H,2,5-7,9H2,1H3,(H,21,22). The minimum atomic E-state index is -4.43. The maximum absolute atomic E-state index is 12.8. The number of rotatable bonds is 5. The molecule has 0 aromatic heterocycles. The molecule has 1 fully saturated rings. The van der Waals surface area contributed by atoms with Gasteiger partial charge in [-0.25, -0.2) is 0 Å². The van der Waals surface area contributed by atoms with E-state index in [2.05, 4.69) is 16.0 Å². The van der Waals surface area contributed by atoms with Crippen LogP contribution in [0.5, 0.6) is 0 Å². The van der Waals surface area contributed by atoms with Crippen molar-refractivity contribution in [1.82, 2.24) is 5.32 Å². The summed E-state index contributed by atoms with van der Waals surface area (Å²) in [5, 5.41) is 8.74. The lowest BCUT2D eigenvalue weighted by Crippen LogP contribution is -2.25. The minimum Gasteiger partial charge on any atom is -0.383 e. The number of amides is 1. The van der Waals surface area contributed by atoms with Gasteiger partial charge in [-0.05, 0) is 37.6 Å². The molecule has 22 heavy (non-hydrogen) atoms. The summed E-state index contributed by atoms with van der Waals surface area (Å²) >= 11 is 0. The number of alkyl halides is 3. The molecule has 1 saturated heterocycles. The first-order valence-electron chi connectivity index (χ1n) is 7.38. The zero-order valence-corrected chi connectivity index (χ0v) is 12.4. The van der Waals surface area contributed by atoms with Crippen molar-refractivity contribution in [2.24, 2.45) is 5.92 Å². The van der Waals surface area contributed by atoms with Crippen molar-refractivity contribution in [1.29, 1.82) is 0 Å². The van der Waals surface area contributed by atoms with E-state index in [-0.39, 0.29) is 17.5 Å². The van der Waals surface area contributed by atoms with Crippen molar-refractivity contribution in [2.45, 2.75) is 25.9 Å². The van der Waals surface area contributed by atoms with Crippen molar-refractivity contribution in [3.8, 4) is 0 Å². The van der Waals surface area contributed by atoms with Crippen LogP contribution in [0.1, 0.15) is 25.3 Å². The Hall–Kier alpha value is -1.76. The van der Waals surface area contributed by atoms with E-state index in [9.17, 15) is 18.0 Å². The quantitative estimate of drug-likeness (QED) is 0.783. The van der Waals surface area contributed by atoms with Crippen LogP contribution in [0.25, 0.3) is 0 Å². The second-order valence-corrected chi connectivity index (χ2v) is 5.36. The molecule has 1 aromatic carbocycles. The maximum Gasteiger partial charge on any atom is 0.416 e. The van der Waals surface area contributed by atoms with E-state index in [0.29, 0.717) is 25.2 Å². The van der Waals surface area contributed by atoms with Crippen LogP contribution >= 0.6 is 0 Å². The Morgan fingerprint density at radius 2 is 2.14 bits per heavy atom. The number of halogens is 3. The van der Waals surface area contributed by atoms with E-state index < -0.39 is 11.7 Å². The van der Waals surface area contributed by atoms with Crippen LogP contribution in [0.3, 0.4) is 0 Å². The molecule has 3 N–H and O–H groups in total. The van der Waals surface area contributed by atoms with Crippen LogP contribution in [0.2, 0.25) is 0 Å². The molecule has 0 bridgehead atoms. The van der Waals surface area contributed by atoms with Crippen molar-refractivity contribution in [3.05, 3.63) is 23.8 Å². The van der Waals surface area contributed by atoms with Crippen molar-refractivity contribution >= 4 is 17.3 Å². The fraction of sp³-hybridized carbons (Fsp3) is 0.533. The van der Waals surface area contributed by atoms with Crippen molar-refractivity contribution in [2.75, 3.05) is 30.3 Å². The third-order valence-electron chi connectivity index (χ3n) is 3.60. The van der Waals surface area contributed by atoms with Gasteiger partial charge in [-0.1, -0.05) is 6.92 Å². The van der Waals surface area contributed by atoms with E-state index in [1.54, 1.807) is 0 Å². The predicted octanol–water partition coefficient (Wildman–Crippen LogP) is 3.08. The number of hydrogen-bond acceptors (Lipinski definition) is 3. The van der Waals surface area contributed by atoms with Gasteiger partial charge in [0.2, 0.25) is 5.91 Å². The third-order valence-corrected chi connectivity index (χ3v) is 3.60. The number of hydrogen-bond donors (Lipinski definition) is 3. The molecule has 1 aliphatic rings. The Morgan fingerprint density at radius 3 is 2.73 bits per heavy atom. The molecule has 4 nitrogen and oxygen atoms in total. The topological polar surface area (TPSA) is 53.2 Å². The number of anilines is 2.